The number of rotatable bonds is 4. The van der Waals surface area contributed by atoms with E-state index in [1.54, 1.807) is 43.3 Å². The second kappa shape index (κ2) is 6.90. The van der Waals surface area contributed by atoms with Crippen LogP contribution < -0.4 is 5.43 Å². The lowest BCUT2D eigenvalue weighted by atomic mass is 10.2. The van der Waals surface area contributed by atoms with Gasteiger partial charge in [0.25, 0.3) is 5.91 Å². The molecule has 0 radical (unpaired) electrons. The van der Waals surface area contributed by atoms with Gasteiger partial charge in [-0.25, -0.2) is 5.43 Å². The summed E-state index contributed by atoms with van der Waals surface area (Å²) in [5, 5.41) is 11.3. The predicted molar refractivity (Wildman–Crippen MR) is 92.5 cm³/mol. The van der Waals surface area contributed by atoms with Crippen molar-refractivity contribution < 1.29 is 9.21 Å². The molecule has 0 aliphatic heterocycles. The van der Waals surface area contributed by atoms with Crippen molar-refractivity contribution in [3.05, 3.63) is 63.6 Å². The molecular weight excluding hydrogens is 351 g/mol. The average Bonchev–Trinajstić information content (AvgIpc) is 3.19. The highest BCUT2D eigenvalue weighted by Gasteiger charge is 2.08. The van der Waals surface area contributed by atoms with Gasteiger partial charge in [-0.1, -0.05) is 23.2 Å². The highest BCUT2D eigenvalue weighted by Crippen LogP contribution is 2.29. The fourth-order valence-electron chi connectivity index (χ4n) is 1.97. The number of halogens is 2. The van der Waals surface area contributed by atoms with Crippen LogP contribution in [0.15, 0.2) is 45.9 Å². The first kappa shape index (κ1) is 16.3. The molecule has 0 saturated heterocycles. The Bertz CT molecular complexity index is 914. The van der Waals surface area contributed by atoms with Crippen LogP contribution in [0.3, 0.4) is 0 Å². The van der Waals surface area contributed by atoms with Gasteiger partial charge < -0.3 is 4.42 Å². The quantitative estimate of drug-likeness (QED) is 0.542. The summed E-state index contributed by atoms with van der Waals surface area (Å²) in [4.78, 5) is 11.8. The molecule has 3 rings (SSSR count). The number of nitrogens with zero attached hydrogens (tertiary/aromatic N) is 2. The fourth-order valence-corrected chi connectivity index (χ4v) is 2.27. The largest absolute Gasteiger partial charge is 0.455 e. The van der Waals surface area contributed by atoms with Crippen LogP contribution in [0.25, 0.3) is 11.3 Å². The van der Waals surface area contributed by atoms with E-state index in [0.717, 1.165) is 11.3 Å². The summed E-state index contributed by atoms with van der Waals surface area (Å²) in [7, 11) is 0. The fraction of sp³-hybridized carbons (Fsp3) is 0.0625. The number of hydrogen-bond acceptors (Lipinski definition) is 4. The minimum Gasteiger partial charge on any atom is -0.455 e. The molecule has 8 heteroatoms. The topological polar surface area (TPSA) is 83.3 Å². The van der Waals surface area contributed by atoms with Gasteiger partial charge in [-0.2, -0.15) is 10.2 Å². The molecule has 0 atom stereocenters. The van der Waals surface area contributed by atoms with Gasteiger partial charge in [0.1, 0.15) is 11.5 Å². The van der Waals surface area contributed by atoms with Crippen molar-refractivity contribution in [3.8, 4) is 11.3 Å². The molecule has 1 aromatic carbocycles. The number of aryl methyl sites for hydroxylation is 1. The Kier molecular flexibility index (Phi) is 4.69. The van der Waals surface area contributed by atoms with Crippen LogP contribution in [0.4, 0.5) is 0 Å². The third-order valence-electron chi connectivity index (χ3n) is 3.13. The molecule has 0 fully saturated rings. The third-order valence-corrected chi connectivity index (χ3v) is 3.87. The van der Waals surface area contributed by atoms with Gasteiger partial charge in [-0.15, -0.1) is 0 Å². The monoisotopic (exact) mass is 362 g/mol. The summed E-state index contributed by atoms with van der Waals surface area (Å²) in [5.74, 6) is 0.686. The minimum atomic E-state index is -0.410. The maximum absolute atomic E-state index is 11.8. The Hall–Kier alpha value is -2.57. The van der Waals surface area contributed by atoms with E-state index in [0.29, 0.717) is 21.6 Å². The zero-order valence-corrected chi connectivity index (χ0v) is 14.0. The summed E-state index contributed by atoms with van der Waals surface area (Å²) < 4.78 is 5.63. The number of furan rings is 1. The van der Waals surface area contributed by atoms with Crippen LogP contribution in [-0.4, -0.2) is 22.3 Å². The van der Waals surface area contributed by atoms with Gasteiger partial charge in [0.2, 0.25) is 0 Å². The first-order valence-electron chi connectivity index (χ1n) is 6.93. The first-order chi connectivity index (χ1) is 11.5. The second-order valence-electron chi connectivity index (χ2n) is 4.97. The van der Waals surface area contributed by atoms with E-state index in [2.05, 4.69) is 20.7 Å². The number of benzene rings is 1. The lowest BCUT2D eigenvalue weighted by Crippen LogP contribution is -2.17. The first-order valence-corrected chi connectivity index (χ1v) is 7.69. The number of hydrogen-bond donors (Lipinski definition) is 2. The number of nitrogens with one attached hydrogen (secondary N) is 2. The van der Waals surface area contributed by atoms with Gasteiger partial charge in [0.05, 0.1) is 16.3 Å². The molecule has 2 aromatic heterocycles. The lowest BCUT2D eigenvalue weighted by molar-refractivity contribution is 0.0950. The van der Waals surface area contributed by atoms with E-state index in [1.807, 2.05) is 0 Å². The Morgan fingerprint density at radius 1 is 1.25 bits per heavy atom. The molecule has 6 nitrogen and oxygen atoms in total. The molecule has 122 valence electrons. The highest BCUT2D eigenvalue weighted by atomic mass is 35.5. The zero-order valence-electron chi connectivity index (χ0n) is 12.5. The molecule has 0 spiro atoms. The molecule has 1 amide bonds. The van der Waals surface area contributed by atoms with Crippen LogP contribution in [0.5, 0.6) is 0 Å². The van der Waals surface area contributed by atoms with Gasteiger partial charge in [-0.3, -0.25) is 9.89 Å². The summed E-state index contributed by atoms with van der Waals surface area (Å²) in [6.07, 6.45) is 1.40. The van der Waals surface area contributed by atoms with E-state index in [1.165, 1.54) is 6.21 Å². The van der Waals surface area contributed by atoms with Gasteiger partial charge in [-0.05, 0) is 43.3 Å². The molecule has 2 N–H and O–H groups in total. The van der Waals surface area contributed by atoms with Crippen LogP contribution in [0.2, 0.25) is 10.0 Å². The number of aromatic nitrogens is 2. The van der Waals surface area contributed by atoms with Gasteiger partial charge >= 0.3 is 0 Å². The van der Waals surface area contributed by atoms with Crippen LogP contribution in [-0.2, 0) is 0 Å². The molecule has 0 saturated carbocycles. The highest BCUT2D eigenvalue weighted by molar-refractivity contribution is 6.42. The van der Waals surface area contributed by atoms with Gasteiger partial charge in [0, 0.05) is 11.3 Å². The normalized spacial score (nSPS) is 11.1. The summed E-state index contributed by atoms with van der Waals surface area (Å²) in [6, 6.07) is 10.3. The van der Waals surface area contributed by atoms with Crippen molar-refractivity contribution in [1.29, 1.82) is 0 Å². The SMILES string of the molecule is Cc1cc(C(=O)N/N=C/c2ccc(-c3ccc(Cl)c(Cl)c3)o2)n[nH]1. The van der Waals surface area contributed by atoms with E-state index in [9.17, 15) is 4.79 Å². The van der Waals surface area contributed by atoms with Crippen molar-refractivity contribution in [2.24, 2.45) is 5.10 Å². The molecule has 0 bridgehead atoms. The summed E-state index contributed by atoms with van der Waals surface area (Å²) in [5.41, 5.74) is 4.22. The molecule has 0 unspecified atom stereocenters. The Morgan fingerprint density at radius 2 is 2.08 bits per heavy atom. The Labute approximate surface area is 147 Å². The number of carbonyl (C=O) groups is 1. The van der Waals surface area contributed by atoms with Crippen molar-refractivity contribution in [1.82, 2.24) is 15.6 Å². The number of carbonyl (C=O) groups excluding carboxylic acids is 1. The molecule has 2 heterocycles. The zero-order chi connectivity index (χ0) is 17.1. The Morgan fingerprint density at radius 3 is 2.79 bits per heavy atom. The van der Waals surface area contributed by atoms with Crippen LogP contribution >= 0.6 is 23.2 Å². The van der Waals surface area contributed by atoms with Crippen molar-refractivity contribution >= 4 is 35.3 Å². The minimum absolute atomic E-state index is 0.264. The molecule has 0 aliphatic rings. The van der Waals surface area contributed by atoms with E-state index in [-0.39, 0.29) is 5.69 Å². The molecular formula is C16H12Cl2N4O2. The Balaban J connectivity index is 1.67. The molecule has 24 heavy (non-hydrogen) atoms. The van der Waals surface area contributed by atoms with Gasteiger partial charge in [0.15, 0.2) is 5.69 Å². The maximum atomic E-state index is 11.8. The van der Waals surface area contributed by atoms with E-state index in [4.69, 9.17) is 27.6 Å². The molecule has 3 aromatic rings. The lowest BCUT2D eigenvalue weighted by Gasteiger charge is -1.99. The number of aromatic amines is 1. The number of hydrazone groups is 1. The standard InChI is InChI=1S/C16H12Cl2N4O2/c1-9-6-14(21-20-9)16(23)22-19-8-11-3-5-15(24-11)10-2-4-12(17)13(18)7-10/h2-8H,1H3,(H,20,21)(H,22,23)/b19-8+. The van der Waals surface area contributed by atoms with Crippen molar-refractivity contribution in [2.45, 2.75) is 6.92 Å². The maximum Gasteiger partial charge on any atom is 0.291 e. The van der Waals surface area contributed by atoms with Crippen molar-refractivity contribution in [3.63, 3.8) is 0 Å². The second-order valence-corrected chi connectivity index (χ2v) is 5.78. The average molecular weight is 363 g/mol. The summed E-state index contributed by atoms with van der Waals surface area (Å²) in [6.45, 7) is 1.81. The predicted octanol–water partition coefficient (Wildman–Crippen LogP) is 4.05. The smallest absolute Gasteiger partial charge is 0.291 e. The van der Waals surface area contributed by atoms with Crippen LogP contribution in [0, 0.1) is 6.92 Å². The van der Waals surface area contributed by atoms with Crippen LogP contribution in [0.1, 0.15) is 21.9 Å². The van der Waals surface area contributed by atoms with E-state index >= 15 is 0 Å². The number of H-pyrrole nitrogens is 1. The van der Waals surface area contributed by atoms with E-state index < -0.39 is 5.91 Å². The molecule has 0 aliphatic carbocycles. The summed E-state index contributed by atoms with van der Waals surface area (Å²) >= 11 is 11.9. The number of amides is 1. The third kappa shape index (κ3) is 3.67. The van der Waals surface area contributed by atoms with Crippen molar-refractivity contribution in [2.75, 3.05) is 0 Å².